The van der Waals surface area contributed by atoms with Crippen LogP contribution in [-0.4, -0.2) is 17.6 Å². The molecular formula is C5H6N2O2. The lowest BCUT2D eigenvalue weighted by Crippen LogP contribution is -2.34. The van der Waals surface area contributed by atoms with Gasteiger partial charge in [-0.05, 0) is 6.92 Å². The van der Waals surface area contributed by atoms with Crippen molar-refractivity contribution >= 4 is 17.6 Å². The lowest BCUT2D eigenvalue weighted by atomic mass is 10.3. The number of hydrogen-bond donors (Lipinski definition) is 1. The molecule has 0 aromatic heterocycles. The van der Waals surface area contributed by atoms with Crippen molar-refractivity contribution < 1.29 is 9.59 Å². The Kier molecular flexibility index (Phi) is 1.30. The zero-order valence-electron chi connectivity index (χ0n) is 4.97. The number of nitrogens with one attached hydrogen (secondary N) is 1. The van der Waals surface area contributed by atoms with Crippen molar-refractivity contribution in [2.75, 3.05) is 0 Å². The van der Waals surface area contributed by atoms with Gasteiger partial charge < -0.3 is 5.32 Å². The summed E-state index contributed by atoms with van der Waals surface area (Å²) in [7, 11) is 0. The number of amidine groups is 1. The number of hydrogen-bond acceptors (Lipinski definition) is 2. The molecule has 0 spiro atoms. The van der Waals surface area contributed by atoms with Gasteiger partial charge in [0.15, 0.2) is 0 Å². The third-order valence-corrected chi connectivity index (χ3v) is 0.925. The molecule has 0 aliphatic carbocycles. The smallest absolute Gasteiger partial charge is 0.256 e. The quantitative estimate of drug-likeness (QED) is 0.443. The summed E-state index contributed by atoms with van der Waals surface area (Å²) < 4.78 is 0. The Bertz CT molecular complexity index is 195. The van der Waals surface area contributed by atoms with Crippen molar-refractivity contribution in [2.24, 2.45) is 4.99 Å². The maximum Gasteiger partial charge on any atom is 0.256 e. The Labute approximate surface area is 52.0 Å². The number of carbonyl (C=O) groups is 2. The molecule has 9 heavy (non-hydrogen) atoms. The van der Waals surface area contributed by atoms with E-state index in [4.69, 9.17) is 0 Å². The molecule has 0 aromatic rings. The van der Waals surface area contributed by atoms with Crippen molar-refractivity contribution in [3.05, 3.63) is 0 Å². The van der Waals surface area contributed by atoms with E-state index in [2.05, 4.69) is 10.3 Å². The molecule has 1 N–H and O–H groups in total. The first-order valence-corrected chi connectivity index (χ1v) is 2.56. The summed E-state index contributed by atoms with van der Waals surface area (Å²) in [6, 6.07) is 0. The highest BCUT2D eigenvalue weighted by Crippen LogP contribution is 1.92. The minimum absolute atomic E-state index is 0.114. The molecular weight excluding hydrogens is 120 g/mol. The van der Waals surface area contributed by atoms with E-state index in [1.807, 2.05) is 0 Å². The van der Waals surface area contributed by atoms with Crippen molar-refractivity contribution in [1.29, 1.82) is 0 Å². The summed E-state index contributed by atoms with van der Waals surface area (Å²) in [4.78, 5) is 24.4. The molecule has 4 heteroatoms. The predicted octanol–water partition coefficient (Wildman–Crippen LogP) is -0.549. The van der Waals surface area contributed by atoms with Gasteiger partial charge >= 0.3 is 0 Å². The maximum atomic E-state index is 10.5. The van der Waals surface area contributed by atoms with Gasteiger partial charge in [-0.3, -0.25) is 9.59 Å². The van der Waals surface area contributed by atoms with Crippen molar-refractivity contribution in [3.63, 3.8) is 0 Å². The van der Waals surface area contributed by atoms with Gasteiger partial charge in [-0.15, -0.1) is 0 Å². The lowest BCUT2D eigenvalue weighted by Gasteiger charge is -2.06. The van der Waals surface area contributed by atoms with Crippen LogP contribution >= 0.6 is 0 Å². The Morgan fingerprint density at radius 3 is 2.67 bits per heavy atom. The lowest BCUT2D eigenvalue weighted by molar-refractivity contribution is -0.127. The van der Waals surface area contributed by atoms with Crippen LogP contribution in [0, 0.1) is 0 Å². The molecule has 48 valence electrons. The van der Waals surface area contributed by atoms with Gasteiger partial charge in [-0.1, -0.05) is 0 Å². The van der Waals surface area contributed by atoms with E-state index in [1.54, 1.807) is 6.92 Å². The molecule has 0 aromatic carbocycles. The van der Waals surface area contributed by atoms with Gasteiger partial charge in [0.1, 0.15) is 12.3 Å². The number of rotatable bonds is 0. The van der Waals surface area contributed by atoms with E-state index in [9.17, 15) is 9.59 Å². The first kappa shape index (κ1) is 5.94. The first-order chi connectivity index (χ1) is 4.18. The van der Waals surface area contributed by atoms with E-state index in [0.717, 1.165) is 0 Å². The molecule has 1 heterocycles. The highest BCUT2D eigenvalue weighted by molar-refractivity contribution is 6.13. The van der Waals surface area contributed by atoms with E-state index in [-0.39, 0.29) is 18.2 Å². The number of aliphatic imine (C=N–C) groups is 1. The van der Waals surface area contributed by atoms with Crippen LogP contribution in [0.2, 0.25) is 0 Å². The topological polar surface area (TPSA) is 58.5 Å². The standard InChI is InChI=1S/C5H6N2O2/c1-3-6-4(8)2-5(9)7-3/h2H2,1H3,(H,6,7,8,9). The van der Waals surface area contributed by atoms with Gasteiger partial charge in [-0.25, -0.2) is 0 Å². The predicted molar refractivity (Wildman–Crippen MR) is 30.9 cm³/mol. The highest BCUT2D eigenvalue weighted by atomic mass is 16.2. The summed E-state index contributed by atoms with van der Waals surface area (Å²) in [5.74, 6) is -0.250. The second kappa shape index (κ2) is 1.97. The van der Waals surface area contributed by atoms with E-state index >= 15 is 0 Å². The van der Waals surface area contributed by atoms with Crippen LogP contribution in [0.4, 0.5) is 0 Å². The number of amides is 2. The minimum atomic E-state index is -0.365. The average Bonchev–Trinajstić information content (AvgIpc) is 1.59. The molecule has 0 radical (unpaired) electrons. The SMILES string of the molecule is CC1=NC(=O)CC(=O)N1. The van der Waals surface area contributed by atoms with Gasteiger partial charge in [-0.2, -0.15) is 4.99 Å². The van der Waals surface area contributed by atoms with Gasteiger partial charge in [0, 0.05) is 0 Å². The van der Waals surface area contributed by atoms with Crippen LogP contribution in [0.25, 0.3) is 0 Å². The third-order valence-electron chi connectivity index (χ3n) is 0.925. The number of nitrogens with zero attached hydrogens (tertiary/aromatic N) is 1. The largest absolute Gasteiger partial charge is 0.314 e. The van der Waals surface area contributed by atoms with Gasteiger partial charge in [0.05, 0.1) is 0 Å². The molecule has 0 unspecified atom stereocenters. The van der Waals surface area contributed by atoms with Crippen LogP contribution in [-0.2, 0) is 9.59 Å². The van der Waals surface area contributed by atoms with Crippen molar-refractivity contribution in [3.8, 4) is 0 Å². The molecule has 1 aliphatic rings. The van der Waals surface area contributed by atoms with Crippen molar-refractivity contribution in [2.45, 2.75) is 13.3 Å². The molecule has 0 saturated carbocycles. The van der Waals surface area contributed by atoms with Crippen LogP contribution in [0.15, 0.2) is 4.99 Å². The van der Waals surface area contributed by atoms with E-state index < -0.39 is 0 Å². The first-order valence-electron chi connectivity index (χ1n) is 2.56. The Balaban J connectivity index is 2.79. The van der Waals surface area contributed by atoms with Crippen LogP contribution in [0.5, 0.6) is 0 Å². The Morgan fingerprint density at radius 1 is 1.56 bits per heavy atom. The number of carbonyl (C=O) groups excluding carboxylic acids is 2. The molecule has 1 aliphatic heterocycles. The molecule has 0 bridgehead atoms. The molecule has 0 saturated heterocycles. The van der Waals surface area contributed by atoms with Gasteiger partial charge in [0.2, 0.25) is 5.91 Å². The third kappa shape index (κ3) is 1.35. The van der Waals surface area contributed by atoms with Crippen LogP contribution in [0.3, 0.4) is 0 Å². The molecule has 0 atom stereocenters. The Hall–Kier alpha value is -1.19. The summed E-state index contributed by atoms with van der Waals surface area (Å²) in [5.41, 5.74) is 0. The second-order valence-electron chi connectivity index (χ2n) is 1.82. The molecule has 0 fully saturated rings. The van der Waals surface area contributed by atoms with Crippen LogP contribution in [0.1, 0.15) is 13.3 Å². The van der Waals surface area contributed by atoms with Crippen molar-refractivity contribution in [1.82, 2.24) is 5.32 Å². The fourth-order valence-corrected chi connectivity index (χ4v) is 0.638. The maximum absolute atomic E-state index is 10.5. The summed E-state index contributed by atoms with van der Waals surface area (Å²) in [6.45, 7) is 1.58. The van der Waals surface area contributed by atoms with Gasteiger partial charge in [0.25, 0.3) is 5.91 Å². The minimum Gasteiger partial charge on any atom is -0.314 e. The van der Waals surface area contributed by atoms with E-state index in [0.29, 0.717) is 5.84 Å². The highest BCUT2D eigenvalue weighted by Gasteiger charge is 2.14. The summed E-state index contributed by atoms with van der Waals surface area (Å²) >= 11 is 0. The molecule has 4 nitrogen and oxygen atoms in total. The summed E-state index contributed by atoms with van der Waals surface area (Å²) in [5, 5.41) is 2.40. The zero-order chi connectivity index (χ0) is 6.85. The van der Waals surface area contributed by atoms with E-state index in [1.165, 1.54) is 0 Å². The Morgan fingerprint density at radius 2 is 2.22 bits per heavy atom. The average molecular weight is 126 g/mol. The van der Waals surface area contributed by atoms with Crippen LogP contribution < -0.4 is 5.32 Å². The fraction of sp³-hybridized carbons (Fsp3) is 0.400. The molecule has 2 amide bonds. The fourth-order valence-electron chi connectivity index (χ4n) is 0.638. The normalized spacial score (nSPS) is 19.0. The molecule has 1 rings (SSSR count). The summed E-state index contributed by atoms with van der Waals surface area (Å²) in [6.07, 6.45) is -0.114. The second-order valence-corrected chi connectivity index (χ2v) is 1.82. The zero-order valence-corrected chi connectivity index (χ0v) is 4.97. The monoisotopic (exact) mass is 126 g/mol.